The maximum Gasteiger partial charge on any atom is 0.229 e. The minimum absolute atomic E-state index is 0.0477. The third-order valence-electron chi connectivity index (χ3n) is 6.88. The standard InChI is InChI=1S/C24H35N9O2/c1-15-29-30-31-33(15)18-9-16(10-19(11-18)34-7)27-22-25-14-20(35-8)21(28-22)26-17-12-23(2,3)32(6)24(4,5)13-17/h9-11,14,17H,12-13H2,1-8H3,(H2,25,26,27,28). The first-order valence-electron chi connectivity index (χ1n) is 11.7. The molecule has 3 heterocycles. The van der Waals surface area contributed by atoms with Crippen molar-refractivity contribution in [2.24, 2.45) is 0 Å². The van der Waals surface area contributed by atoms with Crippen LogP contribution in [0.25, 0.3) is 5.69 Å². The summed E-state index contributed by atoms with van der Waals surface area (Å²) in [5.74, 6) is 3.02. The first-order chi connectivity index (χ1) is 16.5. The van der Waals surface area contributed by atoms with Crippen molar-refractivity contribution in [3.63, 3.8) is 0 Å². The molecule has 1 aromatic carbocycles. The highest BCUT2D eigenvalue weighted by Gasteiger charge is 2.43. The van der Waals surface area contributed by atoms with Gasteiger partial charge in [-0.1, -0.05) is 0 Å². The minimum Gasteiger partial charge on any atom is -0.497 e. The van der Waals surface area contributed by atoms with Gasteiger partial charge in [-0.25, -0.2) is 4.98 Å². The van der Waals surface area contributed by atoms with Crippen LogP contribution >= 0.6 is 0 Å². The Morgan fingerprint density at radius 3 is 2.34 bits per heavy atom. The molecule has 1 aliphatic rings. The van der Waals surface area contributed by atoms with Crippen LogP contribution in [0.15, 0.2) is 24.4 Å². The summed E-state index contributed by atoms with van der Waals surface area (Å²) in [4.78, 5) is 11.7. The zero-order valence-corrected chi connectivity index (χ0v) is 21.7. The highest BCUT2D eigenvalue weighted by Crippen LogP contribution is 2.39. The van der Waals surface area contributed by atoms with E-state index in [1.54, 1.807) is 25.1 Å². The van der Waals surface area contributed by atoms with Gasteiger partial charge in [-0.05, 0) is 71.0 Å². The quantitative estimate of drug-likeness (QED) is 0.519. The molecule has 0 radical (unpaired) electrons. The largest absolute Gasteiger partial charge is 0.497 e. The van der Waals surface area contributed by atoms with Crippen molar-refractivity contribution < 1.29 is 9.47 Å². The van der Waals surface area contributed by atoms with Gasteiger partial charge in [0.25, 0.3) is 0 Å². The fraction of sp³-hybridized carbons (Fsp3) is 0.542. The number of hydrogen-bond donors (Lipinski definition) is 2. The van der Waals surface area contributed by atoms with E-state index in [-0.39, 0.29) is 17.1 Å². The molecule has 0 aliphatic carbocycles. The molecule has 35 heavy (non-hydrogen) atoms. The second-order valence-electron chi connectivity index (χ2n) is 10.2. The number of nitrogens with zero attached hydrogens (tertiary/aromatic N) is 7. The summed E-state index contributed by atoms with van der Waals surface area (Å²) < 4.78 is 12.7. The zero-order chi connectivity index (χ0) is 25.4. The second kappa shape index (κ2) is 9.29. The lowest BCUT2D eigenvalue weighted by molar-refractivity contribution is -0.00776. The summed E-state index contributed by atoms with van der Waals surface area (Å²) in [5.41, 5.74) is 1.60. The number of nitrogens with one attached hydrogen (secondary N) is 2. The number of piperidine rings is 1. The molecule has 2 aromatic heterocycles. The van der Waals surface area contributed by atoms with Crippen LogP contribution < -0.4 is 20.1 Å². The number of aryl methyl sites for hydroxylation is 1. The molecular weight excluding hydrogens is 446 g/mol. The number of ether oxygens (including phenoxy) is 2. The molecular formula is C24H35N9O2. The van der Waals surface area contributed by atoms with Gasteiger partial charge < -0.3 is 20.1 Å². The zero-order valence-electron chi connectivity index (χ0n) is 21.7. The topological polar surface area (TPSA) is 115 Å². The maximum atomic E-state index is 5.56. The number of hydrogen-bond acceptors (Lipinski definition) is 10. The van der Waals surface area contributed by atoms with E-state index in [0.29, 0.717) is 29.1 Å². The fourth-order valence-corrected chi connectivity index (χ4v) is 4.85. The predicted octanol–water partition coefficient (Wildman–Crippen LogP) is 3.58. The Bertz CT molecular complexity index is 1170. The lowest BCUT2D eigenvalue weighted by Crippen LogP contribution is -2.61. The molecule has 0 spiro atoms. The number of tetrazole rings is 1. The number of methoxy groups -OCH3 is 2. The van der Waals surface area contributed by atoms with Gasteiger partial charge >= 0.3 is 0 Å². The highest BCUT2D eigenvalue weighted by molar-refractivity contribution is 5.63. The number of aromatic nitrogens is 6. The van der Waals surface area contributed by atoms with E-state index in [1.807, 2.05) is 25.1 Å². The lowest BCUT2D eigenvalue weighted by atomic mass is 9.77. The van der Waals surface area contributed by atoms with Crippen LogP contribution in [0.5, 0.6) is 11.5 Å². The number of rotatable bonds is 7. The van der Waals surface area contributed by atoms with Crippen molar-refractivity contribution in [1.29, 1.82) is 0 Å². The Labute approximate surface area is 206 Å². The second-order valence-corrected chi connectivity index (χ2v) is 10.2. The van der Waals surface area contributed by atoms with Crippen LogP contribution in [-0.4, -0.2) is 73.5 Å². The summed E-state index contributed by atoms with van der Waals surface area (Å²) in [6.07, 6.45) is 3.64. The Morgan fingerprint density at radius 1 is 1.03 bits per heavy atom. The van der Waals surface area contributed by atoms with E-state index in [1.165, 1.54) is 0 Å². The molecule has 0 amide bonds. The van der Waals surface area contributed by atoms with Gasteiger partial charge in [-0.15, -0.1) is 5.10 Å². The van der Waals surface area contributed by atoms with E-state index in [2.05, 4.69) is 70.8 Å². The van der Waals surface area contributed by atoms with Crippen LogP contribution in [0.3, 0.4) is 0 Å². The van der Waals surface area contributed by atoms with Gasteiger partial charge in [0.2, 0.25) is 5.95 Å². The van der Waals surface area contributed by atoms with Crippen LogP contribution in [0.4, 0.5) is 17.5 Å². The molecule has 0 atom stereocenters. The smallest absolute Gasteiger partial charge is 0.229 e. The minimum atomic E-state index is 0.0477. The average molecular weight is 482 g/mol. The van der Waals surface area contributed by atoms with E-state index in [9.17, 15) is 0 Å². The van der Waals surface area contributed by atoms with E-state index < -0.39 is 0 Å². The van der Waals surface area contributed by atoms with Gasteiger partial charge in [-0.3, -0.25) is 4.90 Å². The summed E-state index contributed by atoms with van der Waals surface area (Å²) in [5, 5.41) is 18.7. The lowest BCUT2D eigenvalue weighted by Gasteiger charge is -2.53. The maximum absolute atomic E-state index is 5.56. The Balaban J connectivity index is 1.61. The molecule has 1 fully saturated rings. The Morgan fingerprint density at radius 2 is 1.74 bits per heavy atom. The number of anilines is 3. The average Bonchev–Trinajstić information content (AvgIpc) is 3.23. The van der Waals surface area contributed by atoms with Crippen LogP contribution in [0.1, 0.15) is 46.4 Å². The first kappa shape index (κ1) is 24.6. The Hall–Kier alpha value is -3.47. The van der Waals surface area contributed by atoms with Gasteiger partial charge in [0, 0.05) is 34.9 Å². The fourth-order valence-electron chi connectivity index (χ4n) is 4.85. The van der Waals surface area contributed by atoms with E-state index in [4.69, 9.17) is 14.5 Å². The van der Waals surface area contributed by atoms with Gasteiger partial charge in [0.05, 0.1) is 26.1 Å². The molecule has 0 bridgehead atoms. The molecule has 0 unspecified atom stereocenters. The third kappa shape index (κ3) is 5.14. The Kier molecular flexibility index (Phi) is 6.54. The van der Waals surface area contributed by atoms with Gasteiger partial charge in [-0.2, -0.15) is 9.67 Å². The van der Waals surface area contributed by atoms with Crippen molar-refractivity contribution in [3.8, 4) is 17.2 Å². The number of benzene rings is 1. The summed E-state index contributed by atoms with van der Waals surface area (Å²) in [7, 11) is 5.44. The highest BCUT2D eigenvalue weighted by atomic mass is 16.5. The van der Waals surface area contributed by atoms with Crippen molar-refractivity contribution in [2.75, 3.05) is 31.9 Å². The molecule has 1 saturated heterocycles. The molecule has 0 saturated carbocycles. The summed E-state index contributed by atoms with van der Waals surface area (Å²) >= 11 is 0. The summed E-state index contributed by atoms with van der Waals surface area (Å²) in [6, 6.07) is 5.87. The molecule has 1 aliphatic heterocycles. The van der Waals surface area contributed by atoms with Gasteiger partial charge in [0.1, 0.15) is 5.75 Å². The molecule has 188 valence electrons. The normalized spacial score (nSPS) is 17.7. The van der Waals surface area contributed by atoms with Crippen molar-refractivity contribution in [1.82, 2.24) is 35.1 Å². The van der Waals surface area contributed by atoms with Crippen molar-refractivity contribution in [2.45, 2.75) is 64.6 Å². The summed E-state index contributed by atoms with van der Waals surface area (Å²) in [6.45, 7) is 10.9. The van der Waals surface area contributed by atoms with Crippen LogP contribution in [-0.2, 0) is 0 Å². The van der Waals surface area contributed by atoms with Crippen LogP contribution in [0.2, 0.25) is 0 Å². The first-order valence-corrected chi connectivity index (χ1v) is 11.7. The molecule has 2 N–H and O–H groups in total. The van der Waals surface area contributed by atoms with Gasteiger partial charge in [0.15, 0.2) is 17.4 Å². The number of likely N-dealkylation sites (tertiary alicyclic amines) is 1. The van der Waals surface area contributed by atoms with Crippen LogP contribution in [0, 0.1) is 6.92 Å². The molecule has 11 heteroatoms. The molecule has 3 aromatic rings. The van der Waals surface area contributed by atoms with E-state index in [0.717, 1.165) is 24.2 Å². The predicted molar refractivity (Wildman–Crippen MR) is 135 cm³/mol. The molecule has 4 rings (SSSR count). The van der Waals surface area contributed by atoms with E-state index >= 15 is 0 Å². The molecule has 11 nitrogen and oxygen atoms in total. The SMILES string of the molecule is COc1cc(Nc2ncc(OC)c(NC3CC(C)(C)N(C)C(C)(C)C3)n2)cc(-n2nnnc2C)c1. The monoisotopic (exact) mass is 481 g/mol. The van der Waals surface area contributed by atoms with Crippen molar-refractivity contribution in [3.05, 3.63) is 30.2 Å². The third-order valence-corrected chi connectivity index (χ3v) is 6.88. The van der Waals surface area contributed by atoms with Crippen molar-refractivity contribution >= 4 is 17.5 Å².